The lowest BCUT2D eigenvalue weighted by Gasteiger charge is -2.38. The Labute approximate surface area is 751 Å². The molecule has 9 aliphatic heterocycles. The number of nitrogens with one attached hydrogen (secondary N) is 8. The minimum atomic E-state index is -0.130. The van der Waals surface area contributed by atoms with Gasteiger partial charge in [0.2, 0.25) is 0 Å². The molecule has 0 atom stereocenters. The van der Waals surface area contributed by atoms with Gasteiger partial charge in [-0.1, -0.05) is 142 Å². The van der Waals surface area contributed by atoms with Gasteiger partial charge in [0, 0.05) is 180 Å². The van der Waals surface area contributed by atoms with Crippen molar-refractivity contribution in [3.63, 3.8) is 0 Å². The molecule has 0 aromatic heterocycles. The van der Waals surface area contributed by atoms with Gasteiger partial charge in [-0.25, -0.2) is 20.0 Å². The number of hydrogen-bond acceptors (Lipinski definition) is 20. The van der Waals surface area contributed by atoms with Crippen LogP contribution in [0.15, 0.2) is 275 Å². The summed E-state index contributed by atoms with van der Waals surface area (Å²) < 4.78 is 0. The fourth-order valence-electron chi connectivity index (χ4n) is 15.8. The molecule has 28 heteroatoms. The molecule has 124 heavy (non-hydrogen) atoms. The van der Waals surface area contributed by atoms with Crippen LogP contribution in [-0.2, 0) is 0 Å². The van der Waals surface area contributed by atoms with Crippen LogP contribution in [-0.4, -0.2) is 188 Å². The van der Waals surface area contributed by atoms with Gasteiger partial charge >= 0.3 is 0 Å². The smallest absolute Gasteiger partial charge is 0.257 e. The maximum absolute atomic E-state index is 12.9. The average Bonchev–Trinajstić information content (AvgIpc) is 1.56. The van der Waals surface area contributed by atoms with Crippen LogP contribution >= 0.6 is 69.6 Å². The van der Waals surface area contributed by atoms with Crippen molar-refractivity contribution in [1.29, 1.82) is 0 Å². The van der Waals surface area contributed by atoms with Gasteiger partial charge in [-0.05, 0) is 196 Å². The lowest BCUT2D eigenvalue weighted by Crippen LogP contribution is -2.51. The van der Waals surface area contributed by atoms with E-state index in [4.69, 9.17) is 95.3 Å². The molecule has 9 heterocycles. The molecule has 0 spiro atoms. The van der Waals surface area contributed by atoms with Gasteiger partial charge in [0.1, 0.15) is 23.3 Å². The number of amidine groups is 4. The standard InChI is InChI=1S/C30H24Cl2N6.C18H21ClN4O.C18H19ClN4.C17H17ClN4.C13H9ClN2O/c31-19-9-11-25-27(17-19)35-29(21-5-1-3-7-23(21)33-25)37-13-15-38(16-14-37)30-22-6-2-4-8-24(22)34-26-12-10-20(32)18-28(26)36-30;1-22-8-10-23(11-9-22)18(24)14-4-2-3-5-16(14)21-17-7-6-13(19)12-15(17)20;1-22-8-10-23(11-9-22)18-14-4-2-3-5-15(14)20-16-7-6-13(19)12-17(16)21-18;18-12-5-6-15-16(11-12)21-17(22-9-7-19-8-10-22)13-3-1-2-4-14(13)20-15;14-8-5-6-11-12(7-8)16-13(17)9-3-1-2-4-10(9)15-11/h1-12,17-18,33-34H,13-16H2;2-7,12,21H,8-11,20H2,1H3;2-7,12,20H,8-11H2,1H3;1-6,11,19-20H,7-10H2;1-7,15H,(H,16,17). The van der Waals surface area contributed by atoms with E-state index >= 15 is 0 Å². The molecule has 0 unspecified atom stereocenters. The summed E-state index contributed by atoms with van der Waals surface area (Å²) in [5, 5.41) is 30.7. The number of fused-ring (bicyclic) bond motifs is 10. The van der Waals surface area contributed by atoms with Crippen molar-refractivity contribution in [1.82, 2.24) is 39.6 Å². The number of piperazine rings is 4. The number of hydrogen-bond donors (Lipinski definition) is 9. The van der Waals surface area contributed by atoms with E-state index in [0.29, 0.717) is 52.6 Å². The summed E-state index contributed by atoms with van der Waals surface area (Å²) in [6.45, 7) is 14.5. The first-order valence-corrected chi connectivity index (χ1v) is 43.4. The highest BCUT2D eigenvalue weighted by Gasteiger charge is 2.32. The van der Waals surface area contributed by atoms with Gasteiger partial charge in [-0.15, -0.1) is 0 Å². The third-order valence-corrected chi connectivity index (χ3v) is 23.9. The third-order valence-electron chi connectivity index (χ3n) is 22.5. The molecule has 4 saturated heterocycles. The number of nitrogen functional groups attached to an aromatic ring is 1. The Kier molecular flexibility index (Phi) is 25.9. The summed E-state index contributed by atoms with van der Waals surface area (Å²) in [5.74, 6) is 3.87. The van der Waals surface area contributed by atoms with Crippen molar-refractivity contribution in [2.24, 2.45) is 20.0 Å². The van der Waals surface area contributed by atoms with Gasteiger partial charge in [0.25, 0.3) is 11.8 Å². The largest absolute Gasteiger partial charge is 0.397 e. The van der Waals surface area contributed by atoms with Crippen LogP contribution in [0.3, 0.4) is 0 Å². The first kappa shape index (κ1) is 83.9. The fourth-order valence-corrected chi connectivity index (χ4v) is 16.8. The number of amides is 2. The monoisotopic (exact) mass is 1760 g/mol. The number of benzene rings is 12. The van der Waals surface area contributed by atoms with Crippen molar-refractivity contribution in [3.05, 3.63) is 318 Å². The van der Waals surface area contributed by atoms with E-state index in [2.05, 4.69) is 159 Å². The highest BCUT2D eigenvalue weighted by atomic mass is 35.5. The fraction of sp³-hybridized carbons (Fsp3) is 0.188. The van der Waals surface area contributed by atoms with E-state index in [1.807, 2.05) is 157 Å². The van der Waals surface area contributed by atoms with Crippen molar-refractivity contribution in [2.45, 2.75) is 0 Å². The van der Waals surface area contributed by atoms with Crippen LogP contribution in [0.25, 0.3) is 0 Å². The van der Waals surface area contributed by atoms with Crippen LogP contribution in [0.1, 0.15) is 43.0 Å². The second-order valence-electron chi connectivity index (χ2n) is 30.9. The molecule has 2 amide bonds. The molecule has 4 fully saturated rings. The number of nitrogens with zero attached hydrogens (tertiary/aromatic N) is 11. The Balaban J connectivity index is 0.000000113. The van der Waals surface area contributed by atoms with E-state index in [-0.39, 0.29) is 11.8 Å². The molecule has 10 N–H and O–H groups in total. The maximum atomic E-state index is 12.9. The second-order valence-corrected chi connectivity index (χ2v) is 33.5. The number of likely N-dealkylation sites (N-methyl/N-ethyl adjacent to an activating group) is 2. The molecule has 21 rings (SSSR count). The number of carbonyl (C=O) groups is 2. The van der Waals surface area contributed by atoms with Crippen LogP contribution in [0, 0.1) is 0 Å². The molecule has 22 nitrogen and oxygen atoms in total. The van der Waals surface area contributed by atoms with Gasteiger partial charge in [0.05, 0.1) is 90.8 Å². The van der Waals surface area contributed by atoms with E-state index in [1.54, 1.807) is 30.3 Å². The Bertz CT molecular complexity index is 6010. The van der Waals surface area contributed by atoms with Gasteiger partial charge in [-0.3, -0.25) is 9.59 Å². The van der Waals surface area contributed by atoms with Crippen molar-refractivity contribution >= 4 is 207 Å². The van der Waals surface area contributed by atoms with E-state index < -0.39 is 0 Å². The summed E-state index contributed by atoms with van der Waals surface area (Å²) in [6, 6.07) is 82.0. The molecule has 9 aliphatic rings. The molecule has 12 aromatic rings. The molecule has 12 aromatic carbocycles. The molecular weight excluding hydrogens is 1680 g/mol. The number of halogens is 6. The number of rotatable bonds is 3. The highest BCUT2D eigenvalue weighted by molar-refractivity contribution is 6.33. The molecule has 0 bridgehead atoms. The number of para-hydroxylation sites is 6. The molecule has 628 valence electrons. The first-order valence-electron chi connectivity index (χ1n) is 41.2. The molecule has 0 aliphatic carbocycles. The molecule has 0 radical (unpaired) electrons. The van der Waals surface area contributed by atoms with E-state index in [1.165, 1.54) is 0 Å². The predicted octanol–water partition coefficient (Wildman–Crippen LogP) is 21.4. The number of nitrogens with two attached hydrogens (primary N) is 1. The molecule has 0 saturated carbocycles. The Hall–Kier alpha value is -12.3. The van der Waals surface area contributed by atoms with E-state index in [9.17, 15) is 9.59 Å². The van der Waals surface area contributed by atoms with Crippen molar-refractivity contribution < 1.29 is 9.59 Å². The highest BCUT2D eigenvalue weighted by Crippen LogP contribution is 2.43. The summed E-state index contributed by atoms with van der Waals surface area (Å²) in [6.07, 6.45) is 0. The Morgan fingerprint density at radius 3 is 1.04 bits per heavy atom. The van der Waals surface area contributed by atoms with Gasteiger partial charge < -0.3 is 82.6 Å². The Morgan fingerprint density at radius 1 is 0.315 bits per heavy atom. The second kappa shape index (κ2) is 38.2. The maximum Gasteiger partial charge on any atom is 0.257 e. The quantitative estimate of drug-likeness (QED) is 0.0749. The number of aliphatic imine (C=N–C) groups is 4. The zero-order chi connectivity index (χ0) is 85.3. The zero-order valence-electron chi connectivity index (χ0n) is 68.1. The summed E-state index contributed by atoms with van der Waals surface area (Å²) in [7, 11) is 4.23. The number of carbonyl (C=O) groups excluding carboxylic acids is 2. The van der Waals surface area contributed by atoms with Crippen molar-refractivity contribution in [3.8, 4) is 0 Å². The SMILES string of the molecule is CN1CCN(C(=O)c2ccccc2Nc2ccc(Cl)cc2N)CC1.CN1CCN(C2=Nc3cc(Cl)ccc3Nc3ccccc32)CC1.Clc1ccc2c(c1)N=C(N1CCN(C3=Nc4cc(Cl)ccc4Nc4ccccc43)CC1)c1ccccc1N2.Clc1ccc2c(c1)N=C(N1CCNCC1)c1ccccc1N2.O=C1Nc2cc(Cl)ccc2Nc2ccccc21. The van der Waals surface area contributed by atoms with Gasteiger partial charge in [-0.2, -0.15) is 0 Å². The summed E-state index contributed by atoms with van der Waals surface area (Å²) >= 11 is 36.9. The Morgan fingerprint density at radius 2 is 0.629 bits per heavy atom. The lowest BCUT2D eigenvalue weighted by atomic mass is 10.1. The van der Waals surface area contributed by atoms with Crippen LogP contribution in [0.2, 0.25) is 30.1 Å². The molecular formula is C96H90Cl6N20O2. The lowest BCUT2D eigenvalue weighted by molar-refractivity contribution is 0.0665. The first-order chi connectivity index (χ1) is 60.4. The normalized spacial score (nSPS) is 15.9. The van der Waals surface area contributed by atoms with E-state index in [0.717, 1.165) is 241 Å². The topological polar surface area (TPSA) is 229 Å². The minimum Gasteiger partial charge on any atom is -0.397 e. The summed E-state index contributed by atoms with van der Waals surface area (Å²) in [4.78, 5) is 60.9. The van der Waals surface area contributed by atoms with Crippen LogP contribution in [0.4, 0.5) is 102 Å². The number of anilines is 14. The minimum absolute atomic E-state index is 0.0405. The van der Waals surface area contributed by atoms with Crippen molar-refractivity contribution in [2.75, 3.05) is 162 Å². The summed E-state index contributed by atoms with van der Waals surface area (Å²) in [5.41, 5.74) is 27.7. The van der Waals surface area contributed by atoms with Crippen LogP contribution in [0.5, 0.6) is 0 Å². The van der Waals surface area contributed by atoms with Gasteiger partial charge in [0.15, 0.2) is 0 Å². The van der Waals surface area contributed by atoms with Crippen LogP contribution < -0.4 is 48.3 Å². The third kappa shape index (κ3) is 19.5. The zero-order valence-corrected chi connectivity index (χ0v) is 72.7. The predicted molar refractivity (Wildman–Crippen MR) is 514 cm³/mol. The average molecular weight is 1770 g/mol.